The smallest absolute Gasteiger partial charge is 0.101 e. The van der Waals surface area contributed by atoms with Crippen LogP contribution >= 0.6 is 0 Å². The summed E-state index contributed by atoms with van der Waals surface area (Å²) in [5, 5.41) is 8.35. The van der Waals surface area contributed by atoms with E-state index in [0.29, 0.717) is 0 Å². The zero-order valence-corrected chi connectivity index (χ0v) is 6.17. The third-order valence-corrected chi connectivity index (χ3v) is 1.64. The molecule has 0 fully saturated rings. The highest BCUT2D eigenvalue weighted by Gasteiger charge is 1.94. The molecule has 0 aromatic carbocycles. The van der Waals surface area contributed by atoms with Crippen molar-refractivity contribution in [3.63, 3.8) is 0 Å². The number of aromatic nitrogens is 1. The third kappa shape index (κ3) is 1.83. The molecule has 0 radical (unpaired) electrons. The van der Waals surface area contributed by atoms with Gasteiger partial charge in [0.2, 0.25) is 0 Å². The molecule has 0 spiro atoms. The van der Waals surface area contributed by atoms with Crippen molar-refractivity contribution < 1.29 is 8.76 Å². The van der Waals surface area contributed by atoms with E-state index in [1.165, 1.54) is 18.5 Å². The second-order valence-corrected chi connectivity index (χ2v) is 2.70. The van der Waals surface area contributed by atoms with Gasteiger partial charge < -0.3 is 4.55 Å². The highest BCUT2D eigenvalue weighted by atomic mass is 32.2. The lowest BCUT2D eigenvalue weighted by Gasteiger charge is -2.02. The standard InChI is InChI=1S/C6H4N2O2S/c7-2-5-1-6(11(9)10)4-8-3-5/h1,3-4H,(H,9,10)/p-1. The van der Waals surface area contributed by atoms with E-state index >= 15 is 0 Å². The van der Waals surface area contributed by atoms with Crippen molar-refractivity contribution in [1.82, 2.24) is 4.98 Å². The summed E-state index contributed by atoms with van der Waals surface area (Å²) in [6.07, 6.45) is 2.49. The number of nitrogens with zero attached hydrogens (tertiary/aromatic N) is 2. The molecule has 5 heteroatoms. The number of hydrogen-bond acceptors (Lipinski definition) is 4. The van der Waals surface area contributed by atoms with Gasteiger partial charge in [-0.15, -0.1) is 0 Å². The zero-order chi connectivity index (χ0) is 8.27. The molecular weight excluding hydrogens is 164 g/mol. The normalized spacial score (nSPS) is 12.0. The molecule has 1 aromatic rings. The average molecular weight is 167 g/mol. The van der Waals surface area contributed by atoms with Gasteiger partial charge in [-0.3, -0.25) is 9.19 Å². The molecule has 1 unspecified atom stereocenters. The molecule has 1 heterocycles. The second-order valence-electron chi connectivity index (χ2n) is 1.76. The average Bonchev–Trinajstić information content (AvgIpc) is 2.05. The first kappa shape index (κ1) is 7.85. The van der Waals surface area contributed by atoms with Gasteiger partial charge in [-0.1, -0.05) is 0 Å². The Morgan fingerprint density at radius 2 is 2.36 bits per heavy atom. The maximum atomic E-state index is 10.3. The minimum atomic E-state index is -2.30. The molecule has 1 atom stereocenters. The first-order valence-electron chi connectivity index (χ1n) is 2.68. The van der Waals surface area contributed by atoms with Crippen LogP contribution < -0.4 is 0 Å². The fraction of sp³-hybridized carbons (Fsp3) is 0. The summed E-state index contributed by atoms with van der Waals surface area (Å²) in [5.41, 5.74) is 0.242. The van der Waals surface area contributed by atoms with Gasteiger partial charge in [-0.05, 0) is 17.1 Å². The molecule has 4 nitrogen and oxygen atoms in total. The molecule has 0 bridgehead atoms. The SMILES string of the molecule is N#Cc1cncc(S(=O)[O-])c1. The predicted molar refractivity (Wildman–Crippen MR) is 36.1 cm³/mol. The monoisotopic (exact) mass is 167 g/mol. The fourth-order valence-electron chi connectivity index (χ4n) is 0.571. The fourth-order valence-corrected chi connectivity index (χ4v) is 0.941. The summed E-state index contributed by atoms with van der Waals surface area (Å²) < 4.78 is 20.6. The second kappa shape index (κ2) is 3.23. The van der Waals surface area contributed by atoms with E-state index < -0.39 is 11.1 Å². The molecule has 0 amide bonds. The van der Waals surface area contributed by atoms with Crippen molar-refractivity contribution in [2.24, 2.45) is 0 Å². The maximum absolute atomic E-state index is 10.3. The number of hydrogen-bond donors (Lipinski definition) is 0. The van der Waals surface area contributed by atoms with Crippen LogP contribution in [0.3, 0.4) is 0 Å². The van der Waals surface area contributed by atoms with E-state index in [0.717, 1.165) is 0 Å². The summed E-state index contributed by atoms with van der Waals surface area (Å²) in [6, 6.07) is 3.05. The molecule has 0 aliphatic carbocycles. The van der Waals surface area contributed by atoms with Gasteiger partial charge in [-0.25, -0.2) is 0 Å². The molecular formula is C6H3N2O2S-. The summed E-state index contributed by atoms with van der Waals surface area (Å²) in [5.74, 6) is 0. The van der Waals surface area contributed by atoms with Crippen LogP contribution in [0.1, 0.15) is 5.56 Å². The minimum Gasteiger partial charge on any atom is -0.768 e. The van der Waals surface area contributed by atoms with Gasteiger partial charge in [0.15, 0.2) is 0 Å². The Bertz CT molecular complexity index is 332. The van der Waals surface area contributed by atoms with Crippen LogP contribution in [0.2, 0.25) is 0 Å². The van der Waals surface area contributed by atoms with Crippen LogP contribution in [0.5, 0.6) is 0 Å². The largest absolute Gasteiger partial charge is 0.768 e. The Hall–Kier alpha value is -1.25. The highest BCUT2D eigenvalue weighted by Crippen LogP contribution is 2.03. The number of pyridine rings is 1. The van der Waals surface area contributed by atoms with Crippen molar-refractivity contribution in [3.8, 4) is 6.07 Å². The predicted octanol–water partition coefficient (Wildman–Crippen LogP) is 0.191. The molecule has 11 heavy (non-hydrogen) atoms. The van der Waals surface area contributed by atoms with E-state index in [4.69, 9.17) is 5.26 Å². The first-order chi connectivity index (χ1) is 5.24. The molecule has 1 aromatic heterocycles. The number of nitriles is 1. The van der Waals surface area contributed by atoms with Crippen LogP contribution in [0, 0.1) is 11.3 Å². The van der Waals surface area contributed by atoms with Crippen LogP contribution in [-0.2, 0) is 11.1 Å². The molecule has 0 saturated heterocycles. The van der Waals surface area contributed by atoms with Gasteiger partial charge in [-0.2, -0.15) is 5.26 Å². The van der Waals surface area contributed by atoms with Crippen molar-refractivity contribution in [2.75, 3.05) is 0 Å². The van der Waals surface area contributed by atoms with Crippen LogP contribution in [-0.4, -0.2) is 13.7 Å². The lowest BCUT2D eigenvalue weighted by atomic mass is 10.3. The Kier molecular flexibility index (Phi) is 2.31. The molecule has 1 rings (SSSR count). The van der Waals surface area contributed by atoms with Crippen molar-refractivity contribution in [2.45, 2.75) is 4.90 Å². The quantitative estimate of drug-likeness (QED) is 0.559. The van der Waals surface area contributed by atoms with E-state index in [-0.39, 0.29) is 10.5 Å². The van der Waals surface area contributed by atoms with Crippen LogP contribution in [0.25, 0.3) is 0 Å². The molecule has 0 N–H and O–H groups in total. The summed E-state index contributed by atoms with van der Waals surface area (Å²) >= 11 is -2.30. The lowest BCUT2D eigenvalue weighted by Crippen LogP contribution is -1.90. The van der Waals surface area contributed by atoms with Crippen molar-refractivity contribution >= 4 is 11.1 Å². The Labute approximate surface area is 65.8 Å². The Morgan fingerprint density at radius 3 is 2.91 bits per heavy atom. The molecule has 0 saturated carbocycles. The van der Waals surface area contributed by atoms with Gasteiger partial charge in [0.1, 0.15) is 6.07 Å². The van der Waals surface area contributed by atoms with Crippen molar-refractivity contribution in [1.29, 1.82) is 5.26 Å². The van der Waals surface area contributed by atoms with Gasteiger partial charge in [0.25, 0.3) is 0 Å². The lowest BCUT2D eigenvalue weighted by molar-refractivity contribution is 0.536. The highest BCUT2D eigenvalue weighted by molar-refractivity contribution is 7.79. The van der Waals surface area contributed by atoms with E-state index in [1.54, 1.807) is 6.07 Å². The number of rotatable bonds is 1. The minimum absolute atomic E-state index is 0.0315. The van der Waals surface area contributed by atoms with Crippen LogP contribution in [0.15, 0.2) is 23.4 Å². The Balaban J connectivity index is 3.13. The Morgan fingerprint density at radius 1 is 1.64 bits per heavy atom. The van der Waals surface area contributed by atoms with Gasteiger partial charge >= 0.3 is 0 Å². The van der Waals surface area contributed by atoms with E-state index in [9.17, 15) is 8.76 Å². The topological polar surface area (TPSA) is 76.8 Å². The van der Waals surface area contributed by atoms with Gasteiger partial charge in [0, 0.05) is 17.3 Å². The zero-order valence-electron chi connectivity index (χ0n) is 5.35. The molecule has 56 valence electrons. The molecule has 0 aliphatic heterocycles. The molecule has 0 aliphatic rings. The van der Waals surface area contributed by atoms with Crippen LogP contribution in [0.4, 0.5) is 0 Å². The first-order valence-corrected chi connectivity index (χ1v) is 3.76. The van der Waals surface area contributed by atoms with E-state index in [2.05, 4.69) is 4.98 Å². The van der Waals surface area contributed by atoms with Crippen molar-refractivity contribution in [3.05, 3.63) is 24.0 Å². The third-order valence-electron chi connectivity index (χ3n) is 1.03. The summed E-state index contributed by atoms with van der Waals surface area (Å²) in [4.78, 5) is 3.59. The van der Waals surface area contributed by atoms with Gasteiger partial charge in [0.05, 0.1) is 5.56 Å². The van der Waals surface area contributed by atoms with E-state index in [1.807, 2.05) is 0 Å². The maximum Gasteiger partial charge on any atom is 0.101 e. The summed E-state index contributed by atoms with van der Waals surface area (Å²) in [6.45, 7) is 0. The summed E-state index contributed by atoms with van der Waals surface area (Å²) in [7, 11) is 0.